The summed E-state index contributed by atoms with van der Waals surface area (Å²) in [6.07, 6.45) is 2.59. The maximum atomic E-state index is 11.8. The molecule has 0 bridgehead atoms. The summed E-state index contributed by atoms with van der Waals surface area (Å²) in [5.74, 6) is 0. The van der Waals surface area contributed by atoms with Gasteiger partial charge in [-0.15, -0.1) is 0 Å². The first-order valence-corrected chi connectivity index (χ1v) is 7.00. The van der Waals surface area contributed by atoms with Crippen LogP contribution < -0.4 is 5.32 Å². The van der Waals surface area contributed by atoms with E-state index in [0.29, 0.717) is 32.2 Å². The fourth-order valence-corrected chi connectivity index (χ4v) is 2.63. The summed E-state index contributed by atoms with van der Waals surface area (Å²) in [5, 5.41) is 13.6. The van der Waals surface area contributed by atoms with E-state index in [1.54, 1.807) is 19.0 Å². The molecule has 0 aromatic heterocycles. The molecule has 19 heavy (non-hydrogen) atoms. The molecule has 2 aliphatic rings. The molecule has 1 unspecified atom stereocenters. The molecule has 2 N–H and O–H groups in total. The van der Waals surface area contributed by atoms with Gasteiger partial charge in [0, 0.05) is 52.8 Å². The number of rotatable bonds is 3. The minimum absolute atomic E-state index is 0.0845. The van der Waals surface area contributed by atoms with Gasteiger partial charge in [-0.1, -0.05) is 0 Å². The van der Waals surface area contributed by atoms with Crippen LogP contribution in [0.1, 0.15) is 19.3 Å². The van der Waals surface area contributed by atoms with Crippen molar-refractivity contribution < 1.29 is 14.6 Å². The maximum Gasteiger partial charge on any atom is 0.319 e. The van der Waals surface area contributed by atoms with E-state index in [2.05, 4.69) is 5.32 Å². The number of likely N-dealkylation sites (tertiary alicyclic amines) is 1. The highest BCUT2D eigenvalue weighted by Crippen LogP contribution is 2.18. The third-order valence-corrected chi connectivity index (χ3v) is 3.95. The van der Waals surface area contributed by atoms with Gasteiger partial charge in [-0.25, -0.2) is 4.79 Å². The summed E-state index contributed by atoms with van der Waals surface area (Å²) >= 11 is 0. The van der Waals surface area contributed by atoms with Crippen molar-refractivity contribution in [2.75, 3.05) is 46.9 Å². The molecule has 2 saturated heterocycles. The molecule has 0 aromatic carbocycles. The lowest BCUT2D eigenvalue weighted by molar-refractivity contribution is 0.0229. The molecule has 0 aromatic rings. The Bertz CT molecular complexity index is 308. The highest BCUT2D eigenvalue weighted by atomic mass is 16.5. The summed E-state index contributed by atoms with van der Waals surface area (Å²) in [7, 11) is 3.56. The zero-order chi connectivity index (χ0) is 13.9. The standard InChI is InChI=1S/C13H25N3O3/c1-15(2)12(17)16-6-3-11(4-7-16)14-9-13(18)5-8-19-10-13/h11,14,18H,3-10H2,1-2H3. The van der Waals surface area contributed by atoms with E-state index < -0.39 is 5.60 Å². The van der Waals surface area contributed by atoms with E-state index in [1.807, 2.05) is 4.90 Å². The molecular formula is C13H25N3O3. The quantitative estimate of drug-likeness (QED) is 0.751. The van der Waals surface area contributed by atoms with Gasteiger partial charge in [-0.3, -0.25) is 0 Å². The van der Waals surface area contributed by atoms with E-state index in [4.69, 9.17) is 4.74 Å². The fourth-order valence-electron chi connectivity index (χ4n) is 2.63. The van der Waals surface area contributed by atoms with Gasteiger partial charge in [0.15, 0.2) is 0 Å². The zero-order valence-electron chi connectivity index (χ0n) is 11.9. The molecule has 6 nitrogen and oxygen atoms in total. The average Bonchev–Trinajstić information content (AvgIpc) is 2.83. The summed E-state index contributed by atoms with van der Waals surface area (Å²) in [6, 6.07) is 0.470. The Morgan fingerprint density at radius 3 is 2.68 bits per heavy atom. The van der Waals surface area contributed by atoms with Gasteiger partial charge < -0.3 is 25.0 Å². The molecule has 6 heteroatoms. The number of carbonyl (C=O) groups is 1. The minimum Gasteiger partial charge on any atom is -0.386 e. The van der Waals surface area contributed by atoms with Crippen molar-refractivity contribution in [2.24, 2.45) is 0 Å². The van der Waals surface area contributed by atoms with Crippen LogP contribution in [-0.2, 0) is 4.74 Å². The minimum atomic E-state index is -0.698. The topological polar surface area (TPSA) is 65.0 Å². The van der Waals surface area contributed by atoms with Crippen molar-refractivity contribution in [2.45, 2.75) is 30.9 Å². The Labute approximate surface area is 114 Å². The number of ether oxygens (including phenoxy) is 1. The molecule has 0 aliphatic carbocycles. The second-order valence-corrected chi connectivity index (χ2v) is 5.85. The second kappa shape index (κ2) is 6.07. The number of aliphatic hydroxyl groups is 1. The van der Waals surface area contributed by atoms with Crippen LogP contribution in [0.3, 0.4) is 0 Å². The lowest BCUT2D eigenvalue weighted by Crippen LogP contribution is -2.51. The molecule has 1 atom stereocenters. The SMILES string of the molecule is CN(C)C(=O)N1CCC(NCC2(O)CCOC2)CC1. The maximum absolute atomic E-state index is 11.8. The van der Waals surface area contributed by atoms with Crippen LogP contribution in [0.5, 0.6) is 0 Å². The van der Waals surface area contributed by atoms with E-state index in [9.17, 15) is 9.90 Å². The van der Waals surface area contributed by atoms with Crippen molar-refractivity contribution >= 4 is 6.03 Å². The molecule has 0 spiro atoms. The smallest absolute Gasteiger partial charge is 0.319 e. The Balaban J connectivity index is 1.70. The van der Waals surface area contributed by atoms with Gasteiger partial charge in [0.2, 0.25) is 0 Å². The summed E-state index contributed by atoms with van der Waals surface area (Å²) in [6.45, 7) is 3.22. The normalized spacial score (nSPS) is 28.7. The molecule has 2 aliphatic heterocycles. The van der Waals surface area contributed by atoms with Crippen LogP contribution in [0.4, 0.5) is 4.79 Å². The Morgan fingerprint density at radius 1 is 1.47 bits per heavy atom. The van der Waals surface area contributed by atoms with Gasteiger partial charge in [-0.2, -0.15) is 0 Å². The highest BCUT2D eigenvalue weighted by Gasteiger charge is 2.33. The van der Waals surface area contributed by atoms with Crippen LogP contribution in [0.2, 0.25) is 0 Å². The fraction of sp³-hybridized carbons (Fsp3) is 0.923. The van der Waals surface area contributed by atoms with E-state index in [0.717, 1.165) is 25.9 Å². The number of hydrogen-bond donors (Lipinski definition) is 2. The molecular weight excluding hydrogens is 246 g/mol. The average molecular weight is 271 g/mol. The van der Waals surface area contributed by atoms with E-state index in [1.165, 1.54) is 0 Å². The first kappa shape index (κ1) is 14.6. The van der Waals surface area contributed by atoms with Crippen LogP contribution in [0.25, 0.3) is 0 Å². The summed E-state index contributed by atoms with van der Waals surface area (Å²) in [5.41, 5.74) is -0.698. The first-order valence-electron chi connectivity index (χ1n) is 7.00. The summed E-state index contributed by atoms with van der Waals surface area (Å²) < 4.78 is 5.23. The monoisotopic (exact) mass is 271 g/mol. The van der Waals surface area contributed by atoms with Gasteiger partial charge in [0.25, 0.3) is 0 Å². The third-order valence-electron chi connectivity index (χ3n) is 3.95. The zero-order valence-corrected chi connectivity index (χ0v) is 11.9. The van der Waals surface area contributed by atoms with Crippen LogP contribution in [0.15, 0.2) is 0 Å². The Hall–Kier alpha value is -0.850. The number of nitrogens with one attached hydrogen (secondary N) is 1. The van der Waals surface area contributed by atoms with Crippen molar-refractivity contribution in [1.29, 1.82) is 0 Å². The number of hydrogen-bond acceptors (Lipinski definition) is 4. The predicted molar refractivity (Wildman–Crippen MR) is 72.1 cm³/mol. The lowest BCUT2D eigenvalue weighted by atomic mass is 10.0. The molecule has 2 fully saturated rings. The number of nitrogens with zero attached hydrogens (tertiary/aromatic N) is 2. The Morgan fingerprint density at radius 2 is 2.16 bits per heavy atom. The van der Waals surface area contributed by atoms with Crippen LogP contribution in [0, 0.1) is 0 Å². The lowest BCUT2D eigenvalue weighted by Gasteiger charge is -2.35. The Kier molecular flexibility index (Phi) is 4.65. The van der Waals surface area contributed by atoms with Gasteiger partial charge in [-0.05, 0) is 12.8 Å². The van der Waals surface area contributed by atoms with Gasteiger partial charge in [0.1, 0.15) is 5.60 Å². The largest absolute Gasteiger partial charge is 0.386 e. The van der Waals surface area contributed by atoms with Crippen LogP contribution >= 0.6 is 0 Å². The molecule has 2 rings (SSSR count). The van der Waals surface area contributed by atoms with E-state index >= 15 is 0 Å². The third kappa shape index (κ3) is 3.81. The summed E-state index contributed by atoms with van der Waals surface area (Å²) in [4.78, 5) is 15.3. The van der Waals surface area contributed by atoms with Gasteiger partial charge in [0.05, 0.1) is 6.61 Å². The predicted octanol–water partition coefficient (Wildman–Crippen LogP) is -0.127. The number of carbonyl (C=O) groups excluding carboxylic acids is 1. The van der Waals surface area contributed by atoms with E-state index in [-0.39, 0.29) is 6.03 Å². The number of urea groups is 1. The van der Waals surface area contributed by atoms with Gasteiger partial charge >= 0.3 is 6.03 Å². The molecule has 110 valence electrons. The number of amides is 2. The highest BCUT2D eigenvalue weighted by molar-refractivity contribution is 5.73. The van der Waals surface area contributed by atoms with Crippen LogP contribution in [-0.4, -0.2) is 79.5 Å². The first-order chi connectivity index (χ1) is 9.00. The van der Waals surface area contributed by atoms with Crippen molar-refractivity contribution in [3.8, 4) is 0 Å². The van der Waals surface area contributed by atoms with Crippen molar-refractivity contribution in [3.63, 3.8) is 0 Å². The van der Waals surface area contributed by atoms with Crippen molar-refractivity contribution in [1.82, 2.24) is 15.1 Å². The number of piperidine rings is 1. The molecule has 2 heterocycles. The molecule has 0 saturated carbocycles. The molecule has 2 amide bonds. The molecule has 0 radical (unpaired) electrons. The second-order valence-electron chi connectivity index (χ2n) is 5.85. The van der Waals surface area contributed by atoms with Crippen molar-refractivity contribution in [3.05, 3.63) is 0 Å².